The summed E-state index contributed by atoms with van der Waals surface area (Å²) in [5, 5.41) is 3.32. The summed E-state index contributed by atoms with van der Waals surface area (Å²) < 4.78 is 5.35. The summed E-state index contributed by atoms with van der Waals surface area (Å²) in [6, 6.07) is 0. The number of rotatable bonds is 2. The summed E-state index contributed by atoms with van der Waals surface area (Å²) in [5.74, 6) is 0.450. The highest BCUT2D eigenvalue weighted by molar-refractivity contribution is 5.70. The molecule has 1 saturated heterocycles. The highest BCUT2D eigenvalue weighted by Gasteiger charge is 2.38. The van der Waals surface area contributed by atoms with E-state index in [4.69, 9.17) is 4.74 Å². The molecule has 2 atom stereocenters. The van der Waals surface area contributed by atoms with Crippen LogP contribution in [0, 0.1) is 11.3 Å². The first kappa shape index (κ1) is 12.5. The van der Waals surface area contributed by atoms with Crippen molar-refractivity contribution in [2.24, 2.45) is 11.3 Å². The Labute approximate surface area is 92.6 Å². The van der Waals surface area contributed by atoms with Crippen LogP contribution in [0.15, 0.2) is 0 Å². The third-order valence-corrected chi connectivity index (χ3v) is 3.14. The van der Waals surface area contributed by atoms with E-state index < -0.39 is 0 Å². The van der Waals surface area contributed by atoms with Gasteiger partial charge in [-0.2, -0.15) is 0 Å². The van der Waals surface area contributed by atoms with Crippen molar-refractivity contribution in [3.05, 3.63) is 0 Å². The van der Waals surface area contributed by atoms with Crippen LogP contribution in [-0.4, -0.2) is 24.7 Å². The lowest BCUT2D eigenvalue weighted by atomic mass is 9.78. The molecule has 1 fully saturated rings. The molecule has 0 bridgehead atoms. The molecule has 88 valence electrons. The van der Waals surface area contributed by atoms with Crippen LogP contribution in [0.1, 0.15) is 41.0 Å². The lowest BCUT2D eigenvalue weighted by Gasteiger charge is -2.29. The van der Waals surface area contributed by atoms with Gasteiger partial charge in [0.05, 0.1) is 6.42 Å². The summed E-state index contributed by atoms with van der Waals surface area (Å²) in [4.78, 5) is 11.7. The Balaban J connectivity index is 2.51. The highest BCUT2D eigenvalue weighted by atomic mass is 16.6. The number of ether oxygens (including phenoxy) is 1. The molecular weight excluding hydrogens is 190 g/mol. The quantitative estimate of drug-likeness (QED) is 0.713. The second-order valence-electron chi connectivity index (χ2n) is 5.95. The minimum absolute atomic E-state index is 0.0579. The van der Waals surface area contributed by atoms with E-state index in [1.54, 1.807) is 0 Å². The van der Waals surface area contributed by atoms with Crippen LogP contribution in [-0.2, 0) is 9.53 Å². The maximum absolute atomic E-state index is 11.7. The summed E-state index contributed by atoms with van der Waals surface area (Å²) in [5.41, 5.74) is -0.314. The van der Waals surface area contributed by atoms with Gasteiger partial charge in [-0.3, -0.25) is 4.79 Å². The molecule has 1 rings (SSSR count). The summed E-state index contributed by atoms with van der Waals surface area (Å²) in [6.45, 7) is 12.0. The van der Waals surface area contributed by atoms with Crippen molar-refractivity contribution in [1.82, 2.24) is 5.32 Å². The topological polar surface area (TPSA) is 38.3 Å². The van der Waals surface area contributed by atoms with E-state index in [1.165, 1.54) is 0 Å². The summed E-state index contributed by atoms with van der Waals surface area (Å²) in [7, 11) is 0. The molecule has 1 aliphatic heterocycles. The Bertz CT molecular complexity index is 244. The van der Waals surface area contributed by atoms with Gasteiger partial charge in [-0.1, -0.05) is 13.8 Å². The largest absolute Gasteiger partial charge is 0.460 e. The van der Waals surface area contributed by atoms with Crippen LogP contribution in [0.4, 0.5) is 0 Å². The number of carbonyl (C=O) groups is 1. The fourth-order valence-corrected chi connectivity index (χ4v) is 1.94. The maximum Gasteiger partial charge on any atom is 0.306 e. The molecule has 0 aromatic carbocycles. The van der Waals surface area contributed by atoms with Gasteiger partial charge in [-0.25, -0.2) is 0 Å². The van der Waals surface area contributed by atoms with Crippen LogP contribution in [0.2, 0.25) is 0 Å². The molecule has 3 heteroatoms. The van der Waals surface area contributed by atoms with E-state index in [9.17, 15) is 4.79 Å². The maximum atomic E-state index is 11.7. The first-order valence-electron chi connectivity index (χ1n) is 5.65. The first-order valence-corrected chi connectivity index (χ1v) is 5.65. The van der Waals surface area contributed by atoms with Crippen molar-refractivity contribution in [1.29, 1.82) is 0 Å². The van der Waals surface area contributed by atoms with Gasteiger partial charge in [0.2, 0.25) is 0 Å². The van der Waals surface area contributed by atoms with Gasteiger partial charge in [0.1, 0.15) is 5.60 Å². The molecule has 0 aromatic rings. The molecule has 0 aliphatic carbocycles. The van der Waals surface area contributed by atoms with Crippen LogP contribution >= 0.6 is 0 Å². The zero-order valence-electron chi connectivity index (χ0n) is 10.5. The molecular formula is C12H23NO2. The molecule has 3 nitrogen and oxygen atoms in total. The van der Waals surface area contributed by atoms with E-state index >= 15 is 0 Å². The van der Waals surface area contributed by atoms with Crippen LogP contribution in [0.3, 0.4) is 0 Å². The Kier molecular flexibility index (Phi) is 3.44. The van der Waals surface area contributed by atoms with E-state index in [1.807, 2.05) is 20.8 Å². The molecule has 0 unspecified atom stereocenters. The number of hydrogen-bond acceptors (Lipinski definition) is 3. The Morgan fingerprint density at radius 1 is 1.53 bits per heavy atom. The van der Waals surface area contributed by atoms with Crippen LogP contribution in [0.25, 0.3) is 0 Å². The molecule has 0 spiro atoms. The van der Waals surface area contributed by atoms with Gasteiger partial charge >= 0.3 is 5.97 Å². The van der Waals surface area contributed by atoms with Crippen LogP contribution < -0.4 is 5.32 Å². The predicted octanol–water partition coefficient (Wildman–Crippen LogP) is 1.96. The van der Waals surface area contributed by atoms with Crippen molar-refractivity contribution >= 4 is 5.97 Å². The first-order chi connectivity index (χ1) is 6.73. The minimum Gasteiger partial charge on any atom is -0.460 e. The smallest absolute Gasteiger partial charge is 0.306 e. The minimum atomic E-state index is -0.372. The normalized spacial score (nSPS) is 31.7. The average molecular weight is 213 g/mol. The van der Waals surface area contributed by atoms with Gasteiger partial charge in [0.15, 0.2) is 0 Å². The van der Waals surface area contributed by atoms with E-state index in [-0.39, 0.29) is 17.0 Å². The van der Waals surface area contributed by atoms with Crippen molar-refractivity contribution < 1.29 is 9.53 Å². The van der Waals surface area contributed by atoms with Gasteiger partial charge in [-0.15, -0.1) is 0 Å². The second kappa shape index (κ2) is 4.12. The van der Waals surface area contributed by atoms with Crippen molar-refractivity contribution in [3.8, 4) is 0 Å². The Morgan fingerprint density at radius 3 is 2.53 bits per heavy atom. The van der Waals surface area contributed by atoms with Crippen molar-refractivity contribution in [3.63, 3.8) is 0 Å². The van der Waals surface area contributed by atoms with Crippen LogP contribution in [0.5, 0.6) is 0 Å². The Hall–Kier alpha value is -0.570. The summed E-state index contributed by atoms with van der Waals surface area (Å²) in [6.07, 6.45) is 0.512. The molecule has 1 heterocycles. The van der Waals surface area contributed by atoms with E-state index in [0.29, 0.717) is 12.3 Å². The third-order valence-electron chi connectivity index (χ3n) is 3.14. The Morgan fingerprint density at radius 2 is 2.13 bits per heavy atom. The zero-order valence-corrected chi connectivity index (χ0v) is 10.5. The standard InChI is InChI=1S/C12H23NO2/c1-9-7-13-8-12(9,5)6-10(14)15-11(2,3)4/h9,13H,6-8H2,1-5H3/t9-,12-/m1/s1. The lowest BCUT2D eigenvalue weighted by molar-refractivity contribution is -0.157. The average Bonchev–Trinajstić information content (AvgIpc) is 2.27. The number of carbonyl (C=O) groups excluding carboxylic acids is 1. The molecule has 15 heavy (non-hydrogen) atoms. The van der Waals surface area contributed by atoms with E-state index in [2.05, 4.69) is 19.2 Å². The molecule has 0 amide bonds. The number of esters is 1. The van der Waals surface area contributed by atoms with Gasteiger partial charge in [-0.05, 0) is 38.6 Å². The zero-order chi connectivity index (χ0) is 11.7. The van der Waals surface area contributed by atoms with Crippen molar-refractivity contribution in [2.45, 2.75) is 46.6 Å². The third kappa shape index (κ3) is 3.49. The predicted molar refractivity (Wildman–Crippen MR) is 60.6 cm³/mol. The van der Waals surface area contributed by atoms with E-state index in [0.717, 1.165) is 13.1 Å². The number of hydrogen-bond donors (Lipinski definition) is 1. The SMILES string of the molecule is C[C@@H]1CNC[C@@]1(C)CC(=O)OC(C)(C)C. The molecule has 1 N–H and O–H groups in total. The molecule has 0 radical (unpaired) electrons. The number of nitrogens with one attached hydrogen (secondary N) is 1. The van der Waals surface area contributed by atoms with Crippen molar-refractivity contribution in [2.75, 3.05) is 13.1 Å². The van der Waals surface area contributed by atoms with Gasteiger partial charge in [0.25, 0.3) is 0 Å². The second-order valence-corrected chi connectivity index (χ2v) is 5.95. The monoisotopic (exact) mass is 213 g/mol. The van der Waals surface area contributed by atoms with Gasteiger partial charge in [0, 0.05) is 6.54 Å². The highest BCUT2D eigenvalue weighted by Crippen LogP contribution is 2.34. The molecule has 0 saturated carbocycles. The molecule has 1 aliphatic rings. The lowest BCUT2D eigenvalue weighted by Crippen LogP contribution is -2.32. The summed E-state index contributed by atoms with van der Waals surface area (Å²) >= 11 is 0. The van der Waals surface area contributed by atoms with Gasteiger partial charge < -0.3 is 10.1 Å². The fourth-order valence-electron chi connectivity index (χ4n) is 1.94. The molecule has 0 aromatic heterocycles. The fraction of sp³-hybridized carbons (Fsp3) is 0.917.